The summed E-state index contributed by atoms with van der Waals surface area (Å²) in [5.74, 6) is -2.66. The first-order valence-corrected chi connectivity index (χ1v) is 43.4. The minimum Gasteiger partial charge on any atom is -0.543 e. The molecule has 0 saturated carbocycles. The Morgan fingerprint density at radius 3 is 1.36 bits per heavy atom. The van der Waals surface area contributed by atoms with Gasteiger partial charge >= 0.3 is 24.1 Å². The second-order valence-corrected chi connectivity index (χ2v) is 43.5. The van der Waals surface area contributed by atoms with Crippen molar-refractivity contribution in [3.8, 4) is 11.5 Å². The number of nitrogens with one attached hydrogen (secondary N) is 6. The highest BCUT2D eigenvalue weighted by molar-refractivity contribution is 6.75. The fourth-order valence-corrected chi connectivity index (χ4v) is 14.1. The summed E-state index contributed by atoms with van der Waals surface area (Å²) in [6.07, 6.45) is 7.10. The van der Waals surface area contributed by atoms with Gasteiger partial charge in [0.1, 0.15) is 65.1 Å². The van der Waals surface area contributed by atoms with Gasteiger partial charge in [0, 0.05) is 25.9 Å². The lowest BCUT2D eigenvalue weighted by Gasteiger charge is -2.37. The second kappa shape index (κ2) is 37.2. The number of ether oxygens (including phenoxy) is 3. The van der Waals surface area contributed by atoms with Crippen molar-refractivity contribution in [1.82, 2.24) is 42.1 Å². The van der Waals surface area contributed by atoms with Gasteiger partial charge in [-0.1, -0.05) is 143 Å². The molecule has 4 aliphatic rings. The molecule has 107 heavy (non-hydrogen) atoms. The summed E-state index contributed by atoms with van der Waals surface area (Å²) in [6, 6.07) is 21.6. The number of carbonyl (C=O) groups excluding carboxylic acids is 7. The van der Waals surface area contributed by atoms with Crippen LogP contribution in [0.1, 0.15) is 206 Å². The molecular weight excluding hydrogens is 1390 g/mol. The lowest BCUT2D eigenvalue weighted by Crippen LogP contribution is -2.62. The number of hydrogen-bond donors (Lipinski definition) is 8. The third-order valence-corrected chi connectivity index (χ3v) is 28.8. The van der Waals surface area contributed by atoms with E-state index in [1.54, 1.807) is 61.5 Å². The van der Waals surface area contributed by atoms with Gasteiger partial charge in [0.25, 0.3) is 11.8 Å². The van der Waals surface area contributed by atoms with Crippen LogP contribution in [0, 0.1) is 11.8 Å². The predicted octanol–water partition coefficient (Wildman–Crippen LogP) is 13.6. The smallest absolute Gasteiger partial charge is 0.408 e. The first-order valence-electron chi connectivity index (χ1n) is 37.6. The Kier molecular flexibility index (Phi) is 30.4. The van der Waals surface area contributed by atoms with Crippen molar-refractivity contribution in [2.24, 2.45) is 11.8 Å². The Bertz CT molecular complexity index is 3790. The summed E-state index contributed by atoms with van der Waals surface area (Å²) in [6.45, 7) is 47.4. The number of aryl methyl sites for hydroxylation is 2. The maximum atomic E-state index is 14.4. The topological polar surface area (TPSA) is 302 Å². The van der Waals surface area contributed by atoms with E-state index < -0.39 is 112 Å². The number of aliphatic carboxylic acids is 1. The molecule has 23 nitrogen and oxygen atoms in total. The molecule has 0 bridgehead atoms. The molecule has 2 saturated heterocycles. The van der Waals surface area contributed by atoms with Gasteiger partial charge in [-0.3, -0.25) is 38.8 Å². The number of carbonyl (C=O) groups is 8. The molecule has 4 aromatic rings. The normalized spacial score (nSPS) is 18.5. The van der Waals surface area contributed by atoms with Crippen LogP contribution in [0.3, 0.4) is 0 Å². The molecule has 8 rings (SSSR count). The summed E-state index contributed by atoms with van der Waals surface area (Å²) in [7, 11) is -4.28. The van der Waals surface area contributed by atoms with Crippen LogP contribution in [0.4, 0.5) is 9.59 Å². The molecule has 6 amide bonds. The minimum atomic E-state index is -2.16. The van der Waals surface area contributed by atoms with Crippen LogP contribution in [0.15, 0.2) is 98.1 Å². The Morgan fingerprint density at radius 2 is 0.953 bits per heavy atom. The van der Waals surface area contributed by atoms with Gasteiger partial charge in [-0.2, -0.15) is 0 Å². The van der Waals surface area contributed by atoms with E-state index in [0.29, 0.717) is 56.7 Å². The van der Waals surface area contributed by atoms with Gasteiger partial charge in [-0.25, -0.2) is 20.4 Å². The van der Waals surface area contributed by atoms with Crippen molar-refractivity contribution in [3.05, 3.63) is 143 Å². The van der Waals surface area contributed by atoms with Crippen LogP contribution in [0.25, 0.3) is 12.2 Å². The first kappa shape index (κ1) is 87.5. The zero-order valence-electron chi connectivity index (χ0n) is 67.0. The summed E-state index contributed by atoms with van der Waals surface area (Å²) in [5, 5.41) is 32.8. The molecule has 2 heterocycles. The molecule has 0 aromatic heterocycles. The van der Waals surface area contributed by atoms with Crippen molar-refractivity contribution in [3.63, 3.8) is 0 Å². The second-order valence-electron chi connectivity index (χ2n) is 34.1. The number of fused-ring (bicyclic) bond motifs is 2. The third-order valence-electron chi connectivity index (χ3n) is 20.1. The lowest BCUT2D eigenvalue weighted by atomic mass is 10.0. The summed E-state index contributed by atoms with van der Waals surface area (Å²) < 4.78 is 29.8. The van der Waals surface area contributed by atoms with E-state index >= 15 is 0 Å². The fourth-order valence-electron chi connectivity index (χ4n) is 12.1. The minimum absolute atomic E-state index is 0.0108. The number of rotatable bonds is 23. The lowest BCUT2D eigenvalue weighted by molar-refractivity contribution is -0.158. The largest absolute Gasteiger partial charge is 0.543 e. The van der Waals surface area contributed by atoms with E-state index in [-0.39, 0.29) is 47.0 Å². The molecule has 588 valence electrons. The number of alkyl carbamates (subject to hydrolysis) is 2. The molecule has 2 fully saturated rings. The Labute approximate surface area is 637 Å². The molecule has 0 spiro atoms. The number of esters is 1. The number of carboxylic acids is 1. The number of benzene rings is 4. The van der Waals surface area contributed by atoms with E-state index in [1.165, 1.54) is 15.6 Å². The molecule has 8 atom stereocenters. The standard InChI is InChI=1S/C41H60N4O7Si.C30H50N4O7Si.C11H12O/c1-12-27-18-19-29-20-21-34(31(29)24-27)50-38(48)32-17-14-22-45(44-32)37(47)33(42-36(46)35(26(2)3)43-39(49)51-40(4,5)6)25-28-15-13-16-30(23-28)52-53(10,11)41(7,8)9;1-19(2)24(32-28(39)40-29(3,4)5)25(35)31-23(26(36)34-16-12-15-22(33-34)27(37)38)18-20-13-11-14-21(17-20)41-42(9,10)30(6,7)8;1-2-8-3-4-9-5-6-11(12)10(9)7-8/h12-13,15-16,18-19,23-24,26,32-35,44H,1,14,17,20-22,25H2,2-11H3,(H,42,46)(H,43,49);11,13-14,17,19,22-24,33H,12,15-16,18H2,1-10H3,(H,31,35)(H,32,39)(H,37,38);2-4,7,11-12H,1,5-6H2/t32-,33-,34+,35-;22-,23-,24-;11-/m001/s1. The van der Waals surface area contributed by atoms with Gasteiger partial charge in [0.2, 0.25) is 28.4 Å². The average molecular weight is 1520 g/mol. The Balaban J connectivity index is 0.000000294. The number of carboxylic acid groups (broad SMARTS) is 1. The highest BCUT2D eigenvalue weighted by atomic mass is 28.4. The third kappa shape index (κ3) is 25.9. The number of hydrogen-bond acceptors (Lipinski definition) is 16. The van der Waals surface area contributed by atoms with Gasteiger partial charge < -0.3 is 54.5 Å². The molecule has 0 radical (unpaired) electrons. The zero-order chi connectivity index (χ0) is 79.9. The number of nitrogens with zero attached hydrogens (tertiary/aromatic N) is 2. The summed E-state index contributed by atoms with van der Waals surface area (Å²) in [5.41, 5.74) is 12.5. The van der Waals surface area contributed by atoms with Crippen LogP contribution in [0.2, 0.25) is 36.3 Å². The van der Waals surface area contributed by atoms with E-state index in [4.69, 9.17) is 23.1 Å². The zero-order valence-corrected chi connectivity index (χ0v) is 69.0. The number of aliphatic hydroxyl groups is 1. The predicted molar refractivity (Wildman–Crippen MR) is 423 cm³/mol. The monoisotopic (exact) mass is 1510 g/mol. The van der Waals surface area contributed by atoms with Gasteiger partial charge in [0.05, 0.1) is 6.10 Å². The van der Waals surface area contributed by atoms with Gasteiger partial charge in [-0.15, -0.1) is 0 Å². The Morgan fingerprint density at radius 1 is 0.551 bits per heavy atom. The van der Waals surface area contributed by atoms with Crippen LogP contribution >= 0.6 is 0 Å². The van der Waals surface area contributed by atoms with Crippen LogP contribution in [-0.2, 0) is 68.7 Å². The van der Waals surface area contributed by atoms with Crippen molar-refractivity contribution in [1.29, 1.82) is 0 Å². The van der Waals surface area contributed by atoms with E-state index in [1.807, 2.05) is 92.7 Å². The summed E-state index contributed by atoms with van der Waals surface area (Å²) >= 11 is 0. The molecule has 4 aromatic carbocycles. The van der Waals surface area contributed by atoms with Gasteiger partial charge in [0.15, 0.2) is 0 Å². The molecular formula is C82H122N8O15Si2. The SMILES string of the molecule is C=Cc1ccc2c(c1)[C@H](O)CC2.C=Cc1ccc2c(c1)[C@H](OC(=O)[C@@H]1CCCN(C(=O)[C@H](Cc3cccc(O[Si](C)(C)C(C)(C)C)c3)NC(=O)[C@@H](NC(=O)OC(C)(C)C)C(C)C)N1)CC2.CC(C)[C@H](NC(=O)OC(C)(C)C)C(=O)N[C@@H](Cc1cccc(O[Si](C)(C)C(C)(C)C)c1)C(=O)N1CCC[C@@H](C(=O)O)N1. The average Bonchev–Trinajstić information content (AvgIpc) is 1.62. The maximum absolute atomic E-state index is 14.4. The first-order chi connectivity index (χ1) is 49.7. The maximum Gasteiger partial charge on any atom is 0.408 e. The van der Waals surface area contributed by atoms with Crippen molar-refractivity contribution in [2.45, 2.75) is 271 Å². The molecule has 25 heteroatoms. The van der Waals surface area contributed by atoms with Crippen LogP contribution in [-0.4, -0.2) is 145 Å². The van der Waals surface area contributed by atoms with E-state index in [0.717, 1.165) is 58.2 Å². The molecule has 0 unspecified atom stereocenters. The van der Waals surface area contributed by atoms with Crippen LogP contribution < -0.4 is 41.0 Å². The number of amides is 6. The fraction of sp³-hybridized carbons (Fsp3) is 0.561. The highest BCUT2D eigenvalue weighted by Gasteiger charge is 2.43. The number of hydrazine groups is 2. The van der Waals surface area contributed by atoms with Crippen molar-refractivity contribution < 1.29 is 71.6 Å². The van der Waals surface area contributed by atoms with Gasteiger partial charge in [-0.05, 0) is 222 Å². The number of aliphatic hydroxyl groups excluding tert-OH is 1. The quantitative estimate of drug-likeness (QED) is 0.0194. The van der Waals surface area contributed by atoms with Crippen molar-refractivity contribution >= 4 is 76.5 Å². The van der Waals surface area contributed by atoms with Crippen molar-refractivity contribution in [2.75, 3.05) is 13.1 Å². The summed E-state index contributed by atoms with van der Waals surface area (Å²) in [4.78, 5) is 106. The molecule has 2 aliphatic heterocycles. The van der Waals surface area contributed by atoms with E-state index in [9.17, 15) is 48.6 Å². The highest BCUT2D eigenvalue weighted by Crippen LogP contribution is 2.40. The van der Waals surface area contributed by atoms with Crippen LogP contribution in [0.5, 0.6) is 11.5 Å². The Hall–Kier alpha value is -8.37. The molecule has 2 aliphatic carbocycles. The van der Waals surface area contributed by atoms with E-state index in [2.05, 4.69) is 125 Å². The molecule has 8 N–H and O–H groups in total.